The first-order valence-electron chi connectivity index (χ1n) is 17.4. The molecule has 0 saturated carbocycles. The average Bonchev–Trinajstić information content (AvgIpc) is 3.53. The second-order valence-corrected chi connectivity index (χ2v) is 16.2. The van der Waals surface area contributed by atoms with Gasteiger partial charge in [0.2, 0.25) is 0 Å². The van der Waals surface area contributed by atoms with Crippen molar-refractivity contribution in [3.63, 3.8) is 0 Å². The summed E-state index contributed by atoms with van der Waals surface area (Å²) < 4.78 is 23.9. The Kier molecular flexibility index (Phi) is 9.24. The molecule has 0 N–H and O–H groups in total. The lowest BCUT2D eigenvalue weighted by Crippen LogP contribution is -2.41. The second kappa shape index (κ2) is 12.8. The van der Waals surface area contributed by atoms with Crippen LogP contribution in [0.4, 0.5) is 0 Å². The summed E-state index contributed by atoms with van der Waals surface area (Å²) in [4.78, 5) is 24.2. The topological polar surface area (TPSA) is 71.1 Å². The molecule has 3 aliphatic rings. The lowest BCUT2D eigenvalue weighted by Gasteiger charge is -2.32. The molecular weight excluding hydrogens is 691 g/mol. The average molecular weight is 738 g/mol. The third-order valence-corrected chi connectivity index (χ3v) is 11.4. The molecule has 8 heteroatoms. The van der Waals surface area contributed by atoms with Crippen LogP contribution in [0.25, 0.3) is 22.3 Å². The maximum atomic E-state index is 12.2. The third-order valence-electron chi connectivity index (χ3n) is 10.9. The Morgan fingerprint density at radius 1 is 0.580 bits per heavy atom. The summed E-state index contributed by atoms with van der Waals surface area (Å²) in [5.41, 5.74) is 10.8. The van der Waals surface area contributed by atoms with Gasteiger partial charge in [-0.2, -0.15) is 0 Å². The minimum absolute atomic E-state index is 0.114. The summed E-state index contributed by atoms with van der Waals surface area (Å²) >= 11 is 3.55. The molecular formula is C42H46BBrO6. The molecule has 0 spiro atoms. The molecule has 2 aliphatic carbocycles. The molecule has 0 aromatic heterocycles. The highest BCUT2D eigenvalue weighted by Crippen LogP contribution is 2.50. The van der Waals surface area contributed by atoms with Crippen molar-refractivity contribution in [3.05, 3.63) is 111 Å². The van der Waals surface area contributed by atoms with E-state index in [0.29, 0.717) is 24.3 Å². The van der Waals surface area contributed by atoms with Crippen LogP contribution in [0.2, 0.25) is 0 Å². The van der Waals surface area contributed by atoms with Gasteiger partial charge in [-0.25, -0.2) is 9.59 Å². The second-order valence-electron chi connectivity index (χ2n) is 15.3. The molecule has 6 nitrogen and oxygen atoms in total. The quantitative estimate of drug-likeness (QED) is 0.150. The molecule has 4 aromatic rings. The first-order valence-corrected chi connectivity index (χ1v) is 18.2. The fraction of sp³-hybridized carbons (Fsp3) is 0.381. The number of halogens is 1. The van der Waals surface area contributed by atoms with Gasteiger partial charge in [0, 0.05) is 15.3 Å². The molecule has 260 valence electrons. The summed E-state index contributed by atoms with van der Waals surface area (Å²) in [6, 6.07) is 24.5. The van der Waals surface area contributed by atoms with E-state index < -0.39 is 0 Å². The molecule has 0 bridgehead atoms. The van der Waals surface area contributed by atoms with E-state index in [4.69, 9.17) is 18.8 Å². The van der Waals surface area contributed by atoms with E-state index in [1.54, 1.807) is 0 Å². The Labute approximate surface area is 305 Å². The zero-order valence-corrected chi connectivity index (χ0v) is 32.3. The summed E-state index contributed by atoms with van der Waals surface area (Å²) in [6.45, 7) is 21.5. The Bertz CT molecular complexity index is 1990. The normalized spacial score (nSPS) is 17.9. The highest BCUT2D eigenvalue weighted by atomic mass is 79.9. The first kappa shape index (κ1) is 36.1. The molecule has 1 heterocycles. The van der Waals surface area contributed by atoms with E-state index in [-0.39, 0.29) is 41.1 Å². The molecule has 50 heavy (non-hydrogen) atoms. The predicted octanol–water partition coefficient (Wildman–Crippen LogP) is 9.40. The van der Waals surface area contributed by atoms with Crippen LogP contribution in [0.5, 0.6) is 0 Å². The lowest BCUT2D eigenvalue weighted by atomic mass is 9.74. The molecule has 0 amide bonds. The monoisotopic (exact) mass is 736 g/mol. The minimum Gasteiger partial charge on any atom is -0.462 e. The molecule has 1 aliphatic heterocycles. The van der Waals surface area contributed by atoms with Crippen molar-refractivity contribution in [1.29, 1.82) is 0 Å². The van der Waals surface area contributed by atoms with Crippen molar-refractivity contribution in [1.82, 2.24) is 0 Å². The van der Waals surface area contributed by atoms with Gasteiger partial charge in [0.05, 0.1) is 35.5 Å². The van der Waals surface area contributed by atoms with Crippen molar-refractivity contribution in [2.75, 3.05) is 13.2 Å². The molecule has 1 saturated heterocycles. The smallest absolute Gasteiger partial charge is 0.462 e. The number of carbonyl (C=O) groups excluding carboxylic acids is 2. The van der Waals surface area contributed by atoms with Gasteiger partial charge in [0.25, 0.3) is 0 Å². The molecule has 4 aromatic carbocycles. The fourth-order valence-corrected chi connectivity index (χ4v) is 7.63. The van der Waals surface area contributed by atoms with E-state index in [0.717, 1.165) is 15.5 Å². The van der Waals surface area contributed by atoms with Crippen LogP contribution < -0.4 is 5.46 Å². The number of benzene rings is 4. The summed E-state index contributed by atoms with van der Waals surface area (Å²) in [5, 5.41) is 0. The van der Waals surface area contributed by atoms with Crippen molar-refractivity contribution >= 4 is 40.4 Å². The van der Waals surface area contributed by atoms with Crippen LogP contribution in [0.15, 0.2) is 77.3 Å². The number of ether oxygens (including phenoxy) is 2. The van der Waals surface area contributed by atoms with Crippen LogP contribution in [0.3, 0.4) is 0 Å². The number of esters is 2. The standard InChI is InChI=1S/C24H29BO4.C18H17BrO2/c1-8-27-21(26)15-9-11-17-18-12-10-16(14-20(18)22(2,3)19(17)13-15)25-28-23(4,5)24(6,7)29-25;1-4-21-17(20)11-5-7-13-14-8-6-12(19)10-16(14)18(2,3)15(13)9-11/h9-14H,8H2,1-7H3;5-10H,4H2,1-3H3. The zero-order valence-electron chi connectivity index (χ0n) is 30.7. The van der Waals surface area contributed by atoms with Crippen LogP contribution in [0.1, 0.15) is 112 Å². The first-order chi connectivity index (χ1) is 23.4. The summed E-state index contributed by atoms with van der Waals surface area (Å²) in [7, 11) is -0.389. The van der Waals surface area contributed by atoms with E-state index in [1.165, 1.54) is 38.9 Å². The lowest BCUT2D eigenvalue weighted by molar-refractivity contribution is 0.00578. The maximum Gasteiger partial charge on any atom is 0.494 e. The van der Waals surface area contributed by atoms with Gasteiger partial charge in [-0.05, 0) is 128 Å². The Morgan fingerprint density at radius 2 is 0.960 bits per heavy atom. The largest absolute Gasteiger partial charge is 0.494 e. The Hall–Kier alpha value is -3.72. The van der Waals surface area contributed by atoms with E-state index in [1.807, 2.05) is 50.2 Å². The number of carbonyl (C=O) groups is 2. The van der Waals surface area contributed by atoms with Gasteiger partial charge in [0.1, 0.15) is 0 Å². The highest BCUT2D eigenvalue weighted by molar-refractivity contribution is 9.10. The fourth-order valence-electron chi connectivity index (χ4n) is 7.27. The van der Waals surface area contributed by atoms with E-state index in [9.17, 15) is 9.59 Å². The van der Waals surface area contributed by atoms with Gasteiger partial charge in [-0.1, -0.05) is 80.0 Å². The number of hydrogen-bond donors (Lipinski definition) is 0. The van der Waals surface area contributed by atoms with Crippen LogP contribution in [-0.4, -0.2) is 43.5 Å². The van der Waals surface area contributed by atoms with Gasteiger partial charge < -0.3 is 18.8 Å². The van der Waals surface area contributed by atoms with Gasteiger partial charge in [0.15, 0.2) is 0 Å². The highest BCUT2D eigenvalue weighted by Gasteiger charge is 2.52. The predicted molar refractivity (Wildman–Crippen MR) is 203 cm³/mol. The Balaban J connectivity index is 0.000000182. The van der Waals surface area contributed by atoms with Crippen molar-refractivity contribution < 1.29 is 28.4 Å². The molecule has 7 rings (SSSR count). The molecule has 0 unspecified atom stereocenters. The number of hydrogen-bond acceptors (Lipinski definition) is 6. The summed E-state index contributed by atoms with van der Waals surface area (Å²) in [6.07, 6.45) is 0. The van der Waals surface area contributed by atoms with E-state index in [2.05, 4.69) is 108 Å². The van der Waals surface area contributed by atoms with Crippen LogP contribution >= 0.6 is 15.9 Å². The minimum atomic E-state index is -0.389. The van der Waals surface area contributed by atoms with Crippen molar-refractivity contribution in [2.24, 2.45) is 0 Å². The number of fused-ring (bicyclic) bond motifs is 6. The van der Waals surface area contributed by atoms with Crippen LogP contribution in [0, 0.1) is 0 Å². The molecule has 0 radical (unpaired) electrons. The van der Waals surface area contributed by atoms with Gasteiger partial charge in [-0.15, -0.1) is 0 Å². The molecule has 0 atom stereocenters. The van der Waals surface area contributed by atoms with Gasteiger partial charge in [-0.3, -0.25) is 0 Å². The number of rotatable bonds is 5. The van der Waals surface area contributed by atoms with Crippen molar-refractivity contribution in [3.8, 4) is 22.3 Å². The summed E-state index contributed by atoms with van der Waals surface area (Å²) in [5.74, 6) is -0.534. The maximum absolute atomic E-state index is 12.2. The zero-order chi connectivity index (χ0) is 36.4. The Morgan fingerprint density at radius 3 is 1.40 bits per heavy atom. The molecule has 1 fully saturated rings. The van der Waals surface area contributed by atoms with Crippen molar-refractivity contribution in [2.45, 2.75) is 91.3 Å². The van der Waals surface area contributed by atoms with Gasteiger partial charge >= 0.3 is 19.1 Å². The SMILES string of the molecule is CCOC(=O)c1ccc2c(c1)C(C)(C)c1cc(B3OC(C)(C)C(C)(C)O3)ccc1-2.CCOC(=O)c1ccc2c(c1)C(C)(C)c1cc(Br)ccc1-2. The van der Waals surface area contributed by atoms with Crippen LogP contribution in [-0.2, 0) is 29.6 Å². The van der Waals surface area contributed by atoms with E-state index >= 15 is 0 Å². The third kappa shape index (κ3) is 6.03.